The SMILES string of the molecule is CCOc1cc(C=Nn2c(-c3cc4ccccc4o3)nc3ccccc3c2=O)cc(I)c1OC(C)C. The van der Waals surface area contributed by atoms with E-state index in [-0.39, 0.29) is 11.7 Å². The number of hydrogen-bond acceptors (Lipinski definition) is 6. The smallest absolute Gasteiger partial charge is 0.282 e. The Bertz CT molecular complexity index is 1620. The topological polar surface area (TPSA) is 78.9 Å². The Balaban J connectivity index is 1.65. The third-order valence-corrected chi connectivity index (χ3v) is 6.21. The summed E-state index contributed by atoms with van der Waals surface area (Å²) in [6, 6.07) is 20.5. The molecule has 8 heteroatoms. The summed E-state index contributed by atoms with van der Waals surface area (Å²) in [6.45, 7) is 6.36. The summed E-state index contributed by atoms with van der Waals surface area (Å²) in [5, 5.41) is 5.95. The number of halogens is 1. The molecule has 0 unspecified atom stereocenters. The Kier molecular flexibility index (Phi) is 6.77. The summed E-state index contributed by atoms with van der Waals surface area (Å²) in [6.07, 6.45) is 1.62. The molecule has 0 aliphatic carbocycles. The maximum atomic E-state index is 13.5. The van der Waals surface area contributed by atoms with Crippen LogP contribution in [0.3, 0.4) is 0 Å². The van der Waals surface area contributed by atoms with Crippen molar-refractivity contribution in [3.05, 3.63) is 86.2 Å². The van der Waals surface area contributed by atoms with E-state index in [0.29, 0.717) is 46.2 Å². The average Bonchev–Trinajstić information content (AvgIpc) is 3.30. The largest absolute Gasteiger partial charge is 0.490 e. The van der Waals surface area contributed by atoms with Crippen molar-refractivity contribution in [3.8, 4) is 23.1 Å². The molecule has 0 amide bonds. The summed E-state index contributed by atoms with van der Waals surface area (Å²) in [5.74, 6) is 2.10. The fourth-order valence-corrected chi connectivity index (χ4v) is 4.63. The molecule has 2 heterocycles. The fourth-order valence-electron chi connectivity index (χ4n) is 3.88. The lowest BCUT2D eigenvalue weighted by Gasteiger charge is -2.16. The molecule has 0 aliphatic heterocycles. The summed E-state index contributed by atoms with van der Waals surface area (Å²) >= 11 is 2.22. The molecule has 3 aromatic carbocycles. The van der Waals surface area contributed by atoms with Crippen LogP contribution < -0.4 is 15.0 Å². The van der Waals surface area contributed by atoms with E-state index in [1.165, 1.54) is 4.68 Å². The number of furan rings is 1. The van der Waals surface area contributed by atoms with E-state index >= 15 is 0 Å². The molecule has 0 radical (unpaired) electrons. The number of hydrogen-bond donors (Lipinski definition) is 0. The Morgan fingerprint density at radius 3 is 2.67 bits per heavy atom. The van der Waals surface area contributed by atoms with Crippen molar-refractivity contribution in [1.82, 2.24) is 9.66 Å². The highest BCUT2D eigenvalue weighted by atomic mass is 127. The van der Waals surface area contributed by atoms with E-state index in [4.69, 9.17) is 18.9 Å². The second-order valence-electron chi connectivity index (χ2n) is 8.39. The lowest BCUT2D eigenvalue weighted by atomic mass is 10.2. The van der Waals surface area contributed by atoms with Crippen LogP contribution in [0, 0.1) is 3.57 Å². The van der Waals surface area contributed by atoms with Crippen LogP contribution in [-0.4, -0.2) is 28.6 Å². The zero-order chi connectivity index (χ0) is 25.2. The van der Waals surface area contributed by atoms with Gasteiger partial charge in [0.25, 0.3) is 5.56 Å². The van der Waals surface area contributed by atoms with Crippen molar-refractivity contribution in [3.63, 3.8) is 0 Å². The van der Waals surface area contributed by atoms with E-state index in [1.807, 2.05) is 75.4 Å². The molecule has 182 valence electrons. The standard InChI is InChI=1S/C28H24IN3O4/c1-4-34-24-14-18(13-21(29)26(24)35-17(2)3)16-30-32-27(25-15-19-9-5-8-12-23(19)36-25)31-22-11-7-6-10-20(22)28(32)33/h5-17H,4H2,1-3H3. The van der Waals surface area contributed by atoms with Gasteiger partial charge in [0.1, 0.15) is 5.58 Å². The number of aromatic nitrogens is 2. The van der Waals surface area contributed by atoms with E-state index in [0.717, 1.165) is 14.5 Å². The molecule has 0 spiro atoms. The van der Waals surface area contributed by atoms with Gasteiger partial charge >= 0.3 is 0 Å². The normalized spacial score (nSPS) is 11.7. The second kappa shape index (κ2) is 10.1. The van der Waals surface area contributed by atoms with Crippen LogP contribution in [-0.2, 0) is 0 Å². The van der Waals surface area contributed by atoms with Crippen molar-refractivity contribution < 1.29 is 13.9 Å². The first-order valence-electron chi connectivity index (χ1n) is 11.6. The van der Waals surface area contributed by atoms with Crippen molar-refractivity contribution in [2.24, 2.45) is 5.10 Å². The number of nitrogens with zero attached hydrogens (tertiary/aromatic N) is 3. The van der Waals surface area contributed by atoms with Gasteiger partial charge in [-0.1, -0.05) is 30.3 Å². The number of rotatable bonds is 7. The van der Waals surface area contributed by atoms with E-state index in [1.54, 1.807) is 18.3 Å². The highest BCUT2D eigenvalue weighted by Crippen LogP contribution is 2.35. The fraction of sp³-hybridized carbons (Fsp3) is 0.179. The molecule has 2 aromatic heterocycles. The highest BCUT2D eigenvalue weighted by Gasteiger charge is 2.17. The van der Waals surface area contributed by atoms with Gasteiger partial charge in [-0.25, -0.2) is 4.98 Å². The first kappa shape index (κ1) is 24.1. The molecule has 0 fully saturated rings. The van der Waals surface area contributed by atoms with Gasteiger partial charge < -0.3 is 13.9 Å². The van der Waals surface area contributed by atoms with E-state index < -0.39 is 0 Å². The molecule has 5 aromatic rings. The van der Waals surface area contributed by atoms with Crippen molar-refractivity contribution in [1.29, 1.82) is 0 Å². The van der Waals surface area contributed by atoms with Gasteiger partial charge in [0, 0.05) is 5.39 Å². The predicted molar refractivity (Wildman–Crippen MR) is 150 cm³/mol. The van der Waals surface area contributed by atoms with Crippen molar-refractivity contribution in [2.75, 3.05) is 6.61 Å². The van der Waals surface area contributed by atoms with Crippen LogP contribution in [0.15, 0.2) is 81.0 Å². The summed E-state index contributed by atoms with van der Waals surface area (Å²) < 4.78 is 20.0. The van der Waals surface area contributed by atoms with Crippen LogP contribution in [0.4, 0.5) is 0 Å². The molecule has 0 bridgehead atoms. The third kappa shape index (κ3) is 4.73. The molecular weight excluding hydrogens is 569 g/mol. The number of benzene rings is 3. The Morgan fingerprint density at radius 2 is 1.89 bits per heavy atom. The first-order chi connectivity index (χ1) is 17.4. The summed E-state index contributed by atoms with van der Waals surface area (Å²) in [5.41, 5.74) is 1.76. The van der Waals surface area contributed by atoms with E-state index in [9.17, 15) is 4.79 Å². The molecule has 0 N–H and O–H groups in total. The Labute approximate surface area is 221 Å². The number of ether oxygens (including phenoxy) is 2. The van der Waals surface area contributed by atoms with Crippen LogP contribution >= 0.6 is 22.6 Å². The third-order valence-electron chi connectivity index (χ3n) is 5.41. The maximum Gasteiger partial charge on any atom is 0.282 e. The Hall–Kier alpha value is -3.66. The van der Waals surface area contributed by atoms with Gasteiger partial charge in [-0.15, -0.1) is 0 Å². The maximum absolute atomic E-state index is 13.5. The minimum absolute atomic E-state index is 0.00542. The second-order valence-corrected chi connectivity index (χ2v) is 9.55. The van der Waals surface area contributed by atoms with Crippen LogP contribution in [0.1, 0.15) is 26.3 Å². The van der Waals surface area contributed by atoms with Gasteiger partial charge in [-0.3, -0.25) is 4.79 Å². The van der Waals surface area contributed by atoms with Gasteiger partial charge in [0.2, 0.25) is 5.82 Å². The minimum atomic E-state index is -0.285. The molecule has 0 saturated heterocycles. The number of para-hydroxylation sites is 2. The van der Waals surface area contributed by atoms with Gasteiger partial charge in [-0.05, 0) is 85.3 Å². The van der Waals surface area contributed by atoms with Crippen LogP contribution in [0.5, 0.6) is 11.5 Å². The molecule has 36 heavy (non-hydrogen) atoms. The summed E-state index contributed by atoms with van der Waals surface area (Å²) in [4.78, 5) is 18.2. The quantitative estimate of drug-likeness (QED) is 0.159. The van der Waals surface area contributed by atoms with Crippen LogP contribution in [0.2, 0.25) is 0 Å². The zero-order valence-corrected chi connectivity index (χ0v) is 22.2. The minimum Gasteiger partial charge on any atom is -0.490 e. The lowest BCUT2D eigenvalue weighted by Crippen LogP contribution is -2.20. The molecule has 0 aliphatic rings. The van der Waals surface area contributed by atoms with Crippen molar-refractivity contribution >= 4 is 50.7 Å². The molecular formula is C28H24IN3O4. The molecule has 0 saturated carbocycles. The Morgan fingerprint density at radius 1 is 1.11 bits per heavy atom. The number of fused-ring (bicyclic) bond motifs is 2. The van der Waals surface area contributed by atoms with Gasteiger partial charge in [0.05, 0.1) is 33.4 Å². The van der Waals surface area contributed by atoms with E-state index in [2.05, 4.69) is 27.7 Å². The summed E-state index contributed by atoms with van der Waals surface area (Å²) in [7, 11) is 0. The first-order valence-corrected chi connectivity index (χ1v) is 12.7. The predicted octanol–water partition coefficient (Wildman–Crippen LogP) is 6.48. The zero-order valence-electron chi connectivity index (χ0n) is 20.1. The van der Waals surface area contributed by atoms with Crippen LogP contribution in [0.25, 0.3) is 33.5 Å². The molecule has 5 rings (SSSR count). The van der Waals surface area contributed by atoms with Gasteiger partial charge in [0.15, 0.2) is 17.3 Å². The van der Waals surface area contributed by atoms with Crippen molar-refractivity contribution in [2.45, 2.75) is 26.9 Å². The molecule has 7 nitrogen and oxygen atoms in total. The molecule has 0 atom stereocenters. The monoisotopic (exact) mass is 593 g/mol. The average molecular weight is 593 g/mol. The lowest BCUT2D eigenvalue weighted by molar-refractivity contribution is 0.222. The van der Waals surface area contributed by atoms with Gasteiger partial charge in [-0.2, -0.15) is 9.78 Å². The highest BCUT2D eigenvalue weighted by molar-refractivity contribution is 14.1.